The molecular formula is C16H14N4O3S. The number of hydrogen-bond donors (Lipinski definition) is 1. The number of benzene rings is 1. The molecule has 1 amide bonds. The Kier molecular flexibility index (Phi) is 4.97. The smallest absolute Gasteiger partial charge is 0.313 e. The van der Waals surface area contributed by atoms with Crippen LogP contribution in [-0.4, -0.2) is 26.6 Å². The van der Waals surface area contributed by atoms with Gasteiger partial charge >= 0.3 is 5.97 Å². The number of esters is 1. The Morgan fingerprint density at radius 3 is 2.71 bits per heavy atom. The van der Waals surface area contributed by atoms with E-state index in [0.717, 1.165) is 0 Å². The van der Waals surface area contributed by atoms with Gasteiger partial charge in [-0.2, -0.15) is 5.10 Å². The summed E-state index contributed by atoms with van der Waals surface area (Å²) in [4.78, 5) is 28.1. The molecule has 0 atom stereocenters. The molecule has 0 bridgehead atoms. The molecule has 0 spiro atoms. The molecule has 0 radical (unpaired) electrons. The number of rotatable bonds is 6. The maximum atomic E-state index is 11.9. The minimum atomic E-state index is -0.360. The van der Waals surface area contributed by atoms with Crippen LogP contribution in [0.5, 0.6) is 5.75 Å². The molecule has 2 heterocycles. The van der Waals surface area contributed by atoms with E-state index < -0.39 is 0 Å². The summed E-state index contributed by atoms with van der Waals surface area (Å²) in [6.45, 7) is 0.411. The van der Waals surface area contributed by atoms with Crippen molar-refractivity contribution in [3.63, 3.8) is 0 Å². The lowest BCUT2D eigenvalue weighted by atomic mass is 10.3. The number of carbonyl (C=O) groups excluding carboxylic acids is 2. The van der Waals surface area contributed by atoms with E-state index in [2.05, 4.69) is 15.4 Å². The Balaban J connectivity index is 1.50. The van der Waals surface area contributed by atoms with Crippen molar-refractivity contribution in [1.82, 2.24) is 14.8 Å². The average molecular weight is 342 g/mol. The molecular weight excluding hydrogens is 328 g/mol. The second-order valence-electron chi connectivity index (χ2n) is 4.84. The number of nitrogens with one attached hydrogen (secondary N) is 1. The Labute approximate surface area is 141 Å². The predicted octanol–water partition coefficient (Wildman–Crippen LogP) is 2.59. The Morgan fingerprint density at radius 1 is 1.21 bits per heavy atom. The fraction of sp³-hybridized carbons (Fsp3) is 0.125. The van der Waals surface area contributed by atoms with E-state index in [-0.39, 0.29) is 18.3 Å². The molecule has 0 aliphatic rings. The lowest BCUT2D eigenvalue weighted by molar-refractivity contribution is -0.134. The van der Waals surface area contributed by atoms with Gasteiger partial charge in [0.05, 0.1) is 17.8 Å². The molecule has 24 heavy (non-hydrogen) atoms. The van der Waals surface area contributed by atoms with Crippen molar-refractivity contribution < 1.29 is 14.3 Å². The Hall–Kier alpha value is -3.00. The molecule has 0 unspecified atom stereocenters. The number of thiophene rings is 1. The molecule has 8 heteroatoms. The van der Waals surface area contributed by atoms with Crippen LogP contribution in [0.2, 0.25) is 0 Å². The standard InChI is InChI=1S/C16H14N4O3S/c21-15(7-8-20-11-17-10-18-20)23-13-5-3-12(4-6-13)19-16(22)14-2-1-9-24-14/h1-6,9-11H,7-8H2,(H,19,22). The minimum absolute atomic E-state index is 0.164. The molecule has 1 N–H and O–H groups in total. The first-order valence-corrected chi connectivity index (χ1v) is 8.07. The number of amides is 1. The van der Waals surface area contributed by atoms with Crippen molar-refractivity contribution in [3.05, 3.63) is 59.3 Å². The van der Waals surface area contributed by atoms with Gasteiger partial charge in [0.25, 0.3) is 5.91 Å². The number of anilines is 1. The zero-order chi connectivity index (χ0) is 16.8. The van der Waals surface area contributed by atoms with E-state index in [1.807, 2.05) is 11.4 Å². The van der Waals surface area contributed by atoms with Gasteiger partial charge in [-0.1, -0.05) is 6.07 Å². The van der Waals surface area contributed by atoms with E-state index in [9.17, 15) is 9.59 Å². The molecule has 0 saturated heterocycles. The quantitative estimate of drug-likeness (QED) is 0.550. The van der Waals surface area contributed by atoms with Gasteiger partial charge < -0.3 is 10.1 Å². The Bertz CT molecular complexity index is 798. The normalized spacial score (nSPS) is 10.3. The topological polar surface area (TPSA) is 86.1 Å². The summed E-state index contributed by atoms with van der Waals surface area (Å²) in [6, 6.07) is 10.2. The highest BCUT2D eigenvalue weighted by atomic mass is 32.1. The van der Waals surface area contributed by atoms with Crippen molar-refractivity contribution in [2.24, 2.45) is 0 Å². The molecule has 2 aromatic heterocycles. The van der Waals surface area contributed by atoms with Crippen LogP contribution in [-0.2, 0) is 11.3 Å². The van der Waals surface area contributed by atoms with Crippen LogP contribution in [0.1, 0.15) is 16.1 Å². The molecule has 1 aromatic carbocycles. The molecule has 0 saturated carbocycles. The molecule has 0 aliphatic carbocycles. The minimum Gasteiger partial charge on any atom is -0.426 e. The molecule has 3 rings (SSSR count). The predicted molar refractivity (Wildman–Crippen MR) is 89.0 cm³/mol. The van der Waals surface area contributed by atoms with E-state index >= 15 is 0 Å². The molecule has 122 valence electrons. The van der Waals surface area contributed by atoms with Gasteiger partial charge in [-0.25, -0.2) is 4.98 Å². The second kappa shape index (κ2) is 7.51. The van der Waals surface area contributed by atoms with Gasteiger partial charge in [0.2, 0.25) is 0 Å². The highest BCUT2D eigenvalue weighted by Crippen LogP contribution is 2.18. The lowest BCUT2D eigenvalue weighted by Gasteiger charge is -2.07. The van der Waals surface area contributed by atoms with Crippen molar-refractivity contribution >= 4 is 28.9 Å². The number of nitrogens with zero attached hydrogens (tertiary/aromatic N) is 3. The van der Waals surface area contributed by atoms with E-state index in [1.54, 1.807) is 41.3 Å². The van der Waals surface area contributed by atoms with Crippen molar-refractivity contribution in [2.75, 3.05) is 5.32 Å². The van der Waals surface area contributed by atoms with Crippen molar-refractivity contribution in [1.29, 1.82) is 0 Å². The van der Waals surface area contributed by atoms with Crippen LogP contribution >= 0.6 is 11.3 Å². The number of carbonyl (C=O) groups is 2. The Morgan fingerprint density at radius 2 is 2.04 bits per heavy atom. The van der Waals surface area contributed by atoms with Gasteiger partial charge in [0, 0.05) is 5.69 Å². The summed E-state index contributed by atoms with van der Waals surface area (Å²) in [5, 5.41) is 8.54. The molecule has 0 aliphatic heterocycles. The molecule has 3 aromatic rings. The molecule has 0 fully saturated rings. The van der Waals surface area contributed by atoms with E-state index in [0.29, 0.717) is 22.9 Å². The number of hydrogen-bond acceptors (Lipinski definition) is 6. The lowest BCUT2D eigenvalue weighted by Crippen LogP contribution is -2.12. The maximum Gasteiger partial charge on any atom is 0.313 e. The largest absolute Gasteiger partial charge is 0.426 e. The van der Waals surface area contributed by atoms with Gasteiger partial charge in [0.15, 0.2) is 0 Å². The summed E-state index contributed by atoms with van der Waals surface area (Å²) in [5.41, 5.74) is 0.635. The first-order valence-electron chi connectivity index (χ1n) is 7.19. The fourth-order valence-electron chi connectivity index (χ4n) is 1.94. The van der Waals surface area contributed by atoms with Crippen LogP contribution in [0, 0.1) is 0 Å². The SMILES string of the molecule is O=C(CCn1cncn1)Oc1ccc(NC(=O)c2cccs2)cc1. The highest BCUT2D eigenvalue weighted by molar-refractivity contribution is 7.12. The number of ether oxygens (including phenoxy) is 1. The van der Waals surface area contributed by atoms with Crippen molar-refractivity contribution in [2.45, 2.75) is 13.0 Å². The third-order valence-corrected chi connectivity index (χ3v) is 3.97. The van der Waals surface area contributed by atoms with Gasteiger partial charge in [-0.15, -0.1) is 11.3 Å². The van der Waals surface area contributed by atoms with Crippen molar-refractivity contribution in [3.8, 4) is 5.75 Å². The summed E-state index contributed by atoms with van der Waals surface area (Å²) in [5.74, 6) is -0.101. The van der Waals surface area contributed by atoms with E-state index in [1.165, 1.54) is 17.7 Å². The number of aryl methyl sites for hydroxylation is 1. The average Bonchev–Trinajstić information content (AvgIpc) is 3.28. The fourth-order valence-corrected chi connectivity index (χ4v) is 2.56. The summed E-state index contributed by atoms with van der Waals surface area (Å²) in [7, 11) is 0. The van der Waals surface area contributed by atoms with E-state index in [4.69, 9.17) is 4.74 Å². The first kappa shape index (κ1) is 15.9. The summed E-state index contributed by atoms with van der Waals surface area (Å²) < 4.78 is 6.79. The maximum absolute atomic E-state index is 11.9. The van der Waals surface area contributed by atoms with Crippen LogP contribution < -0.4 is 10.1 Å². The second-order valence-corrected chi connectivity index (χ2v) is 5.79. The summed E-state index contributed by atoms with van der Waals surface area (Å²) in [6.07, 6.45) is 3.15. The van der Waals surface area contributed by atoms with Crippen LogP contribution in [0.15, 0.2) is 54.4 Å². The highest BCUT2D eigenvalue weighted by Gasteiger charge is 2.08. The first-order chi connectivity index (χ1) is 11.7. The zero-order valence-electron chi connectivity index (χ0n) is 12.6. The zero-order valence-corrected chi connectivity index (χ0v) is 13.4. The monoisotopic (exact) mass is 342 g/mol. The van der Waals surface area contributed by atoms with Crippen LogP contribution in [0.25, 0.3) is 0 Å². The number of aromatic nitrogens is 3. The van der Waals surface area contributed by atoms with Crippen LogP contribution in [0.3, 0.4) is 0 Å². The van der Waals surface area contributed by atoms with Gasteiger partial charge in [-0.05, 0) is 35.7 Å². The summed E-state index contributed by atoms with van der Waals surface area (Å²) >= 11 is 1.37. The van der Waals surface area contributed by atoms with Gasteiger partial charge in [-0.3, -0.25) is 14.3 Å². The van der Waals surface area contributed by atoms with Gasteiger partial charge in [0.1, 0.15) is 18.4 Å². The molecule has 7 nitrogen and oxygen atoms in total. The third-order valence-electron chi connectivity index (χ3n) is 3.10. The third kappa shape index (κ3) is 4.26. The van der Waals surface area contributed by atoms with Crippen LogP contribution in [0.4, 0.5) is 5.69 Å².